The lowest BCUT2D eigenvalue weighted by atomic mass is 10.2. The minimum Gasteiger partial charge on any atom is -0.305 e. The fraction of sp³-hybridized carbons (Fsp3) is 0.182. The van der Waals surface area contributed by atoms with E-state index in [2.05, 4.69) is 57.3 Å². The summed E-state index contributed by atoms with van der Waals surface area (Å²) in [6.07, 6.45) is 3.88. The Bertz CT molecular complexity index is 460. The highest BCUT2D eigenvalue weighted by molar-refractivity contribution is 14.1. The second-order valence-corrected chi connectivity index (χ2v) is 4.54. The average Bonchev–Trinajstić information content (AvgIpc) is 2.51. The van der Waals surface area contributed by atoms with E-state index < -0.39 is 0 Å². The van der Waals surface area contributed by atoms with Gasteiger partial charge in [0.1, 0.15) is 0 Å². The number of rotatable bonds is 1. The van der Waals surface area contributed by atoms with Crippen molar-refractivity contribution >= 4 is 22.6 Å². The molecule has 1 aromatic carbocycles. The van der Waals surface area contributed by atoms with Crippen LogP contribution in [0.1, 0.15) is 11.3 Å². The van der Waals surface area contributed by atoms with Gasteiger partial charge in [-0.3, -0.25) is 0 Å². The molecule has 0 radical (unpaired) electrons. The van der Waals surface area contributed by atoms with Gasteiger partial charge in [-0.25, -0.2) is 4.98 Å². The average molecular weight is 298 g/mol. The number of nitrogens with zero attached hydrogens (tertiary/aromatic N) is 2. The van der Waals surface area contributed by atoms with Crippen LogP contribution in [0.4, 0.5) is 0 Å². The number of hydrogen-bond acceptors (Lipinski definition) is 1. The van der Waals surface area contributed by atoms with Gasteiger partial charge < -0.3 is 4.57 Å². The van der Waals surface area contributed by atoms with Crippen LogP contribution in [0.2, 0.25) is 0 Å². The second-order valence-electron chi connectivity index (χ2n) is 3.38. The van der Waals surface area contributed by atoms with Crippen molar-refractivity contribution < 1.29 is 0 Å². The predicted molar refractivity (Wildman–Crippen MR) is 65.8 cm³/mol. The van der Waals surface area contributed by atoms with Gasteiger partial charge in [0, 0.05) is 9.77 Å². The fourth-order valence-corrected chi connectivity index (χ4v) is 2.32. The standard InChI is InChI=1S/C11H11IN2/c1-8-3-4-11(10(12)5-8)14-6-9(2)13-7-14/h3-7H,1-2H3. The molecule has 0 atom stereocenters. The number of aryl methyl sites for hydroxylation is 2. The van der Waals surface area contributed by atoms with Crippen LogP contribution in [0.5, 0.6) is 0 Å². The summed E-state index contributed by atoms with van der Waals surface area (Å²) in [6.45, 7) is 4.10. The molecule has 0 bridgehead atoms. The molecule has 1 aromatic heterocycles. The van der Waals surface area contributed by atoms with E-state index in [0.717, 1.165) is 5.69 Å². The van der Waals surface area contributed by atoms with Crippen molar-refractivity contribution in [3.05, 3.63) is 45.6 Å². The molecule has 2 nitrogen and oxygen atoms in total. The first-order valence-electron chi connectivity index (χ1n) is 4.44. The van der Waals surface area contributed by atoms with Gasteiger partial charge in [-0.15, -0.1) is 0 Å². The Morgan fingerprint density at radius 1 is 1.29 bits per heavy atom. The van der Waals surface area contributed by atoms with Gasteiger partial charge in [0.05, 0.1) is 17.7 Å². The van der Waals surface area contributed by atoms with E-state index in [9.17, 15) is 0 Å². The Balaban J connectivity index is 2.52. The van der Waals surface area contributed by atoms with E-state index >= 15 is 0 Å². The molecule has 2 rings (SSSR count). The zero-order valence-corrected chi connectivity index (χ0v) is 10.3. The molecule has 0 unspecified atom stereocenters. The van der Waals surface area contributed by atoms with Gasteiger partial charge in [-0.1, -0.05) is 6.07 Å². The smallest absolute Gasteiger partial charge is 0.0995 e. The van der Waals surface area contributed by atoms with Crippen LogP contribution < -0.4 is 0 Å². The summed E-state index contributed by atoms with van der Waals surface area (Å²) in [5.74, 6) is 0. The third-order valence-electron chi connectivity index (χ3n) is 2.09. The van der Waals surface area contributed by atoms with Crippen LogP contribution >= 0.6 is 22.6 Å². The Morgan fingerprint density at radius 2 is 2.07 bits per heavy atom. The van der Waals surface area contributed by atoms with E-state index in [-0.39, 0.29) is 0 Å². The molecule has 0 aliphatic heterocycles. The summed E-state index contributed by atoms with van der Waals surface area (Å²) >= 11 is 2.35. The fourth-order valence-electron chi connectivity index (χ4n) is 1.37. The number of aromatic nitrogens is 2. The molecule has 0 fully saturated rings. The van der Waals surface area contributed by atoms with Crippen molar-refractivity contribution in [2.75, 3.05) is 0 Å². The van der Waals surface area contributed by atoms with Gasteiger partial charge in [0.2, 0.25) is 0 Å². The summed E-state index contributed by atoms with van der Waals surface area (Å²) in [7, 11) is 0. The minimum absolute atomic E-state index is 1.04. The summed E-state index contributed by atoms with van der Waals surface area (Å²) in [5, 5.41) is 0. The van der Waals surface area contributed by atoms with Gasteiger partial charge in [-0.05, 0) is 54.1 Å². The van der Waals surface area contributed by atoms with E-state index in [0.29, 0.717) is 0 Å². The van der Waals surface area contributed by atoms with E-state index in [4.69, 9.17) is 0 Å². The van der Waals surface area contributed by atoms with Crippen LogP contribution in [0, 0.1) is 17.4 Å². The number of imidazole rings is 1. The lowest BCUT2D eigenvalue weighted by Crippen LogP contribution is -1.93. The summed E-state index contributed by atoms with van der Waals surface area (Å²) in [5.41, 5.74) is 3.52. The Hall–Kier alpha value is -0.840. The van der Waals surface area contributed by atoms with Crippen LogP contribution in [0.25, 0.3) is 5.69 Å². The highest BCUT2D eigenvalue weighted by atomic mass is 127. The Morgan fingerprint density at radius 3 is 2.64 bits per heavy atom. The molecule has 0 aliphatic rings. The molecular formula is C11H11IN2. The zero-order chi connectivity index (χ0) is 10.1. The maximum absolute atomic E-state index is 4.22. The number of hydrogen-bond donors (Lipinski definition) is 0. The summed E-state index contributed by atoms with van der Waals surface area (Å²) in [6, 6.07) is 6.41. The lowest BCUT2D eigenvalue weighted by Gasteiger charge is -2.05. The monoisotopic (exact) mass is 298 g/mol. The molecule has 0 aliphatic carbocycles. The van der Waals surface area contributed by atoms with Crippen LogP contribution in [-0.2, 0) is 0 Å². The van der Waals surface area contributed by atoms with E-state index in [1.54, 1.807) is 0 Å². The highest BCUT2D eigenvalue weighted by Gasteiger charge is 2.02. The van der Waals surface area contributed by atoms with Crippen molar-refractivity contribution in [3.8, 4) is 5.69 Å². The normalized spacial score (nSPS) is 10.5. The Kier molecular flexibility index (Phi) is 2.58. The third kappa shape index (κ3) is 1.82. The first-order valence-corrected chi connectivity index (χ1v) is 5.52. The molecule has 0 saturated heterocycles. The topological polar surface area (TPSA) is 17.8 Å². The van der Waals surface area contributed by atoms with Crippen molar-refractivity contribution in [1.82, 2.24) is 9.55 Å². The molecule has 0 N–H and O–H groups in total. The number of benzene rings is 1. The van der Waals surface area contributed by atoms with Gasteiger partial charge >= 0.3 is 0 Å². The van der Waals surface area contributed by atoms with Crippen molar-refractivity contribution in [3.63, 3.8) is 0 Å². The molecule has 0 amide bonds. The Labute approximate surface area is 97.1 Å². The summed E-state index contributed by atoms with van der Waals surface area (Å²) < 4.78 is 3.30. The largest absolute Gasteiger partial charge is 0.305 e. The number of halogens is 1. The van der Waals surface area contributed by atoms with Crippen molar-refractivity contribution in [1.29, 1.82) is 0 Å². The SMILES string of the molecule is Cc1ccc(-n2cnc(C)c2)c(I)c1. The maximum atomic E-state index is 4.22. The third-order valence-corrected chi connectivity index (χ3v) is 2.96. The summed E-state index contributed by atoms with van der Waals surface area (Å²) in [4.78, 5) is 4.22. The molecule has 0 saturated carbocycles. The quantitative estimate of drug-likeness (QED) is 0.740. The van der Waals surface area contributed by atoms with Crippen LogP contribution in [0.15, 0.2) is 30.7 Å². The van der Waals surface area contributed by atoms with Crippen molar-refractivity contribution in [2.24, 2.45) is 0 Å². The second kappa shape index (κ2) is 3.73. The molecule has 0 spiro atoms. The predicted octanol–water partition coefficient (Wildman–Crippen LogP) is 3.09. The molecular weight excluding hydrogens is 287 g/mol. The molecule has 1 heterocycles. The maximum Gasteiger partial charge on any atom is 0.0995 e. The molecule has 14 heavy (non-hydrogen) atoms. The minimum atomic E-state index is 1.04. The first kappa shape index (κ1) is 9.71. The highest BCUT2D eigenvalue weighted by Crippen LogP contribution is 2.18. The van der Waals surface area contributed by atoms with Gasteiger partial charge in [-0.2, -0.15) is 0 Å². The van der Waals surface area contributed by atoms with Gasteiger partial charge in [0.25, 0.3) is 0 Å². The van der Waals surface area contributed by atoms with Crippen molar-refractivity contribution in [2.45, 2.75) is 13.8 Å². The van der Waals surface area contributed by atoms with Gasteiger partial charge in [0.15, 0.2) is 0 Å². The van der Waals surface area contributed by atoms with E-state index in [1.165, 1.54) is 14.8 Å². The van der Waals surface area contributed by atoms with E-state index in [1.807, 2.05) is 19.4 Å². The molecule has 72 valence electrons. The zero-order valence-electron chi connectivity index (χ0n) is 8.16. The van der Waals surface area contributed by atoms with Crippen LogP contribution in [0.3, 0.4) is 0 Å². The lowest BCUT2D eigenvalue weighted by molar-refractivity contribution is 1.05. The van der Waals surface area contributed by atoms with Crippen LogP contribution in [-0.4, -0.2) is 9.55 Å². The molecule has 3 heteroatoms. The first-order chi connectivity index (χ1) is 6.66. The molecule has 2 aromatic rings.